The van der Waals surface area contributed by atoms with E-state index in [1.165, 1.54) is 5.56 Å². The van der Waals surface area contributed by atoms with Gasteiger partial charge >= 0.3 is 0 Å². The molecule has 0 radical (unpaired) electrons. The fourth-order valence-corrected chi connectivity index (χ4v) is 3.70. The maximum atomic E-state index is 6.20. The first-order valence-corrected chi connectivity index (χ1v) is 10.6. The van der Waals surface area contributed by atoms with E-state index in [2.05, 4.69) is 40.7 Å². The van der Waals surface area contributed by atoms with Crippen molar-refractivity contribution in [3.63, 3.8) is 0 Å². The molecule has 1 aromatic carbocycles. The number of rotatable bonds is 8. The molecule has 1 atom stereocenters. The number of benzene rings is 1. The summed E-state index contributed by atoms with van der Waals surface area (Å²) in [7, 11) is 1.69. The van der Waals surface area contributed by atoms with E-state index < -0.39 is 0 Å². The Morgan fingerprint density at radius 3 is 2.93 bits per heavy atom. The predicted octanol–water partition coefficient (Wildman–Crippen LogP) is 3.70. The molecular weight excluding hydrogens is 515 g/mol. The molecule has 0 spiro atoms. The molecule has 3 rings (SSSR count). The van der Waals surface area contributed by atoms with E-state index in [-0.39, 0.29) is 24.0 Å². The van der Waals surface area contributed by atoms with Gasteiger partial charge in [-0.05, 0) is 50.5 Å². The Morgan fingerprint density at radius 1 is 1.40 bits per heavy atom. The maximum absolute atomic E-state index is 6.20. The van der Waals surface area contributed by atoms with E-state index in [0.29, 0.717) is 6.04 Å². The zero-order valence-corrected chi connectivity index (χ0v) is 21.0. The largest absolute Gasteiger partial charge is 0.495 e. The molecule has 1 aliphatic rings. The van der Waals surface area contributed by atoms with Crippen LogP contribution in [-0.4, -0.2) is 55.1 Å². The average molecular weight is 547 g/mol. The number of aromatic nitrogens is 2. The molecule has 0 saturated carbocycles. The molecule has 2 heterocycles. The predicted molar refractivity (Wildman–Crippen MR) is 135 cm³/mol. The first-order chi connectivity index (χ1) is 14.1. The number of nitrogens with one attached hydrogen (secondary N) is 2. The van der Waals surface area contributed by atoms with Gasteiger partial charge in [0.25, 0.3) is 0 Å². The van der Waals surface area contributed by atoms with Gasteiger partial charge in [-0.1, -0.05) is 11.6 Å². The lowest BCUT2D eigenvalue weighted by molar-refractivity contribution is 0.415. The Bertz CT molecular complexity index is 828. The Kier molecular flexibility index (Phi) is 10.0. The van der Waals surface area contributed by atoms with Crippen LogP contribution in [0.25, 0.3) is 0 Å². The van der Waals surface area contributed by atoms with Gasteiger partial charge < -0.3 is 20.3 Å². The zero-order valence-electron chi connectivity index (χ0n) is 17.9. The minimum absolute atomic E-state index is 0. The molecule has 166 valence electrons. The van der Waals surface area contributed by atoms with E-state index in [1.807, 2.05) is 29.1 Å². The number of hydrogen-bond donors (Lipinski definition) is 2. The number of aliphatic imine (C=N–C) groups is 1. The molecule has 30 heavy (non-hydrogen) atoms. The second kappa shape index (κ2) is 12.2. The number of guanidine groups is 1. The van der Waals surface area contributed by atoms with E-state index in [4.69, 9.17) is 21.3 Å². The Morgan fingerprint density at radius 2 is 2.23 bits per heavy atom. The van der Waals surface area contributed by atoms with Crippen LogP contribution in [0.1, 0.15) is 25.3 Å². The molecule has 1 saturated heterocycles. The fraction of sp³-hybridized carbons (Fsp3) is 0.524. The number of hydrogen-bond acceptors (Lipinski definition) is 4. The second-order valence-corrected chi connectivity index (χ2v) is 7.72. The summed E-state index contributed by atoms with van der Waals surface area (Å²) in [5, 5.41) is 12.0. The third-order valence-electron chi connectivity index (χ3n) is 4.93. The lowest BCUT2D eigenvalue weighted by Gasteiger charge is -2.22. The number of anilines is 1. The normalized spacial score (nSPS) is 16.3. The lowest BCUT2D eigenvalue weighted by Crippen LogP contribution is -2.44. The van der Waals surface area contributed by atoms with Gasteiger partial charge in [0.1, 0.15) is 5.75 Å². The van der Waals surface area contributed by atoms with E-state index in [1.54, 1.807) is 7.11 Å². The molecule has 1 fully saturated rings. The molecule has 9 heteroatoms. The number of methoxy groups -OCH3 is 1. The molecule has 0 bridgehead atoms. The summed E-state index contributed by atoms with van der Waals surface area (Å²) in [4.78, 5) is 7.04. The van der Waals surface area contributed by atoms with Crippen molar-refractivity contribution in [2.24, 2.45) is 4.99 Å². The summed E-state index contributed by atoms with van der Waals surface area (Å²) in [6.07, 6.45) is 5.93. The summed E-state index contributed by atoms with van der Waals surface area (Å²) < 4.78 is 7.48. The Balaban J connectivity index is 0.00000320. The van der Waals surface area contributed by atoms with Crippen molar-refractivity contribution in [2.45, 2.75) is 39.3 Å². The van der Waals surface area contributed by atoms with Crippen molar-refractivity contribution >= 4 is 47.2 Å². The monoisotopic (exact) mass is 546 g/mol. The molecule has 1 aliphatic heterocycles. The van der Waals surface area contributed by atoms with Gasteiger partial charge in [-0.3, -0.25) is 9.67 Å². The number of ether oxygens (including phenoxy) is 1. The van der Waals surface area contributed by atoms with Crippen molar-refractivity contribution in [2.75, 3.05) is 38.2 Å². The van der Waals surface area contributed by atoms with Gasteiger partial charge in [-0.2, -0.15) is 5.10 Å². The van der Waals surface area contributed by atoms with Crippen molar-refractivity contribution < 1.29 is 4.74 Å². The highest BCUT2D eigenvalue weighted by atomic mass is 127. The maximum Gasteiger partial charge on any atom is 0.191 e. The SMILES string of the molecule is CCNC(=NCCCn1cc(C)cn1)NC1CCN(c2cc(Cl)ccc2OC)C1.I. The highest BCUT2D eigenvalue weighted by molar-refractivity contribution is 14.0. The Hall–Kier alpha value is -1.68. The number of halogens is 2. The van der Waals surface area contributed by atoms with Crippen LogP contribution in [0.2, 0.25) is 5.02 Å². The molecule has 2 aromatic rings. The summed E-state index contributed by atoms with van der Waals surface area (Å²) in [6, 6.07) is 6.07. The summed E-state index contributed by atoms with van der Waals surface area (Å²) >= 11 is 6.20. The highest BCUT2D eigenvalue weighted by Crippen LogP contribution is 2.33. The third-order valence-corrected chi connectivity index (χ3v) is 5.17. The zero-order chi connectivity index (χ0) is 20.6. The first kappa shape index (κ1) is 24.6. The van der Waals surface area contributed by atoms with Gasteiger partial charge in [-0.15, -0.1) is 24.0 Å². The number of nitrogens with zero attached hydrogens (tertiary/aromatic N) is 4. The topological polar surface area (TPSA) is 66.7 Å². The molecule has 0 aliphatic carbocycles. The molecular formula is C21H32ClIN6O. The summed E-state index contributed by atoms with van der Waals surface area (Å²) in [6.45, 7) is 8.44. The second-order valence-electron chi connectivity index (χ2n) is 7.29. The molecule has 7 nitrogen and oxygen atoms in total. The van der Waals surface area contributed by atoms with Gasteiger partial charge in [0, 0.05) is 50.0 Å². The van der Waals surface area contributed by atoms with Crippen molar-refractivity contribution in [3.8, 4) is 5.75 Å². The quantitative estimate of drug-likeness (QED) is 0.229. The summed E-state index contributed by atoms with van der Waals surface area (Å²) in [5.74, 6) is 1.72. The van der Waals surface area contributed by atoms with E-state index in [0.717, 1.165) is 68.0 Å². The van der Waals surface area contributed by atoms with Crippen LogP contribution in [0.15, 0.2) is 35.6 Å². The lowest BCUT2D eigenvalue weighted by atomic mass is 10.2. The first-order valence-electron chi connectivity index (χ1n) is 10.2. The van der Waals surface area contributed by atoms with Crippen LogP contribution in [-0.2, 0) is 6.54 Å². The van der Waals surface area contributed by atoms with Crippen LogP contribution in [0.3, 0.4) is 0 Å². The van der Waals surface area contributed by atoms with Crippen molar-refractivity contribution in [3.05, 3.63) is 41.2 Å². The number of aryl methyl sites for hydroxylation is 2. The molecule has 1 unspecified atom stereocenters. The van der Waals surface area contributed by atoms with Crippen LogP contribution < -0.4 is 20.3 Å². The van der Waals surface area contributed by atoms with Crippen LogP contribution >= 0.6 is 35.6 Å². The van der Waals surface area contributed by atoms with Crippen LogP contribution in [0, 0.1) is 6.92 Å². The Labute approximate surface area is 201 Å². The molecule has 1 aromatic heterocycles. The average Bonchev–Trinajstić information content (AvgIpc) is 3.34. The smallest absolute Gasteiger partial charge is 0.191 e. The van der Waals surface area contributed by atoms with E-state index >= 15 is 0 Å². The van der Waals surface area contributed by atoms with Gasteiger partial charge in [0.05, 0.1) is 19.0 Å². The summed E-state index contributed by atoms with van der Waals surface area (Å²) in [5.41, 5.74) is 2.23. The van der Waals surface area contributed by atoms with Gasteiger partial charge in [0.2, 0.25) is 0 Å². The minimum Gasteiger partial charge on any atom is -0.495 e. The molecule has 0 amide bonds. The minimum atomic E-state index is 0. The van der Waals surface area contributed by atoms with E-state index in [9.17, 15) is 0 Å². The molecule has 2 N–H and O–H groups in total. The van der Waals surface area contributed by atoms with Crippen LogP contribution in [0.5, 0.6) is 5.75 Å². The van der Waals surface area contributed by atoms with Crippen LogP contribution in [0.4, 0.5) is 5.69 Å². The highest BCUT2D eigenvalue weighted by Gasteiger charge is 2.25. The van der Waals surface area contributed by atoms with Crippen molar-refractivity contribution in [1.82, 2.24) is 20.4 Å². The van der Waals surface area contributed by atoms with Crippen molar-refractivity contribution in [1.29, 1.82) is 0 Å². The third kappa shape index (κ3) is 6.94. The fourth-order valence-electron chi connectivity index (χ4n) is 3.53. The van der Waals surface area contributed by atoms with Gasteiger partial charge in [-0.25, -0.2) is 0 Å². The standard InChI is InChI=1S/C21H31ClN6O.HI/c1-4-23-21(24-9-5-10-28-14-16(2)13-25-28)26-18-8-11-27(15-18)19-12-17(22)6-7-20(19)29-3;/h6-7,12-14,18H,4-5,8-11,15H2,1-3H3,(H2,23,24,26);1H. The van der Waals surface area contributed by atoms with Gasteiger partial charge in [0.15, 0.2) is 5.96 Å².